The number of hydrogen-bond donors (Lipinski definition) is 0. The molecule has 0 unspecified atom stereocenters. The van der Waals surface area contributed by atoms with Crippen LogP contribution < -0.4 is 4.90 Å². The molecule has 62 heavy (non-hydrogen) atoms. The molecule has 1 heterocycles. The molecule has 0 amide bonds. The van der Waals surface area contributed by atoms with E-state index >= 15 is 0 Å². The van der Waals surface area contributed by atoms with E-state index in [1.54, 1.807) is 0 Å². The standard InChI is InChI=1S/C59H41N3/c1-3-13-53(14-4-1)61(56-40-37-42-11-7-8-12-52(42)41-56)55-38-35-50(36-39-55)48-29-27-46(28-30-48)44-21-19-43(20-22-44)45-23-25-47(26-24-45)49-31-33-51(34-32-49)59-60-57-17-9-10-18-58(57)62(59)54-15-5-2-6-16-54/h1-41H. The van der Waals surface area contributed by atoms with Gasteiger partial charge in [0.1, 0.15) is 5.82 Å². The van der Waals surface area contributed by atoms with E-state index in [-0.39, 0.29) is 0 Å². The molecule has 0 aliphatic rings. The van der Waals surface area contributed by atoms with Gasteiger partial charge in [0.2, 0.25) is 0 Å². The van der Waals surface area contributed by atoms with Gasteiger partial charge in [-0.15, -0.1) is 0 Å². The van der Waals surface area contributed by atoms with Gasteiger partial charge in [0.05, 0.1) is 11.0 Å². The Hall–Kier alpha value is -8.27. The van der Waals surface area contributed by atoms with Gasteiger partial charge in [0.25, 0.3) is 0 Å². The molecule has 11 aromatic rings. The van der Waals surface area contributed by atoms with Crippen molar-refractivity contribution in [1.29, 1.82) is 0 Å². The number of para-hydroxylation sites is 4. The number of fused-ring (bicyclic) bond motifs is 2. The molecule has 292 valence electrons. The minimum absolute atomic E-state index is 0.938. The van der Waals surface area contributed by atoms with Crippen LogP contribution in [0.15, 0.2) is 249 Å². The van der Waals surface area contributed by atoms with Gasteiger partial charge in [-0.05, 0) is 116 Å². The zero-order valence-corrected chi connectivity index (χ0v) is 34.0. The van der Waals surface area contributed by atoms with Gasteiger partial charge < -0.3 is 4.90 Å². The zero-order chi connectivity index (χ0) is 41.2. The summed E-state index contributed by atoms with van der Waals surface area (Å²) in [6.45, 7) is 0. The van der Waals surface area contributed by atoms with Crippen LogP contribution in [0.3, 0.4) is 0 Å². The van der Waals surface area contributed by atoms with Gasteiger partial charge in [-0.1, -0.05) is 188 Å². The van der Waals surface area contributed by atoms with E-state index in [2.05, 4.69) is 246 Å². The molecule has 3 nitrogen and oxygen atoms in total. The first-order chi connectivity index (χ1) is 30.7. The molecule has 3 heteroatoms. The Kier molecular flexibility index (Phi) is 9.53. The van der Waals surface area contributed by atoms with Gasteiger partial charge in [-0.2, -0.15) is 0 Å². The SMILES string of the molecule is c1ccc(N(c2ccc(-c3ccc(-c4ccc(-c5ccc(-c6ccc(-c7nc8ccccc8n7-c7ccccc7)cc6)cc5)cc4)cc3)cc2)c2ccc3ccccc3c2)cc1. The lowest BCUT2D eigenvalue weighted by atomic mass is 9.96. The van der Waals surface area contributed by atoms with Crippen molar-refractivity contribution in [1.82, 2.24) is 9.55 Å². The Morgan fingerprint density at radius 3 is 1.21 bits per heavy atom. The summed E-state index contributed by atoms with van der Waals surface area (Å²) in [5.41, 5.74) is 17.2. The highest BCUT2D eigenvalue weighted by atomic mass is 15.1. The van der Waals surface area contributed by atoms with Crippen LogP contribution >= 0.6 is 0 Å². The van der Waals surface area contributed by atoms with Crippen molar-refractivity contribution in [2.75, 3.05) is 4.90 Å². The highest BCUT2D eigenvalue weighted by molar-refractivity contribution is 5.90. The summed E-state index contributed by atoms with van der Waals surface area (Å²) in [5.74, 6) is 0.938. The smallest absolute Gasteiger partial charge is 0.145 e. The van der Waals surface area contributed by atoms with Crippen molar-refractivity contribution in [3.05, 3.63) is 249 Å². The maximum Gasteiger partial charge on any atom is 0.145 e. The van der Waals surface area contributed by atoms with Gasteiger partial charge in [0.15, 0.2) is 0 Å². The summed E-state index contributed by atoms with van der Waals surface area (Å²) in [6, 6.07) is 88.8. The second-order valence-electron chi connectivity index (χ2n) is 15.7. The van der Waals surface area contributed by atoms with Gasteiger partial charge >= 0.3 is 0 Å². The van der Waals surface area contributed by atoms with Crippen LogP contribution in [0.2, 0.25) is 0 Å². The number of imidazole rings is 1. The van der Waals surface area contributed by atoms with Crippen LogP contribution in [-0.2, 0) is 0 Å². The predicted octanol–water partition coefficient (Wildman–Crippen LogP) is 16.0. The number of rotatable bonds is 9. The van der Waals surface area contributed by atoms with Crippen LogP contribution in [0.25, 0.3) is 83.4 Å². The lowest BCUT2D eigenvalue weighted by Crippen LogP contribution is -2.09. The fourth-order valence-corrected chi connectivity index (χ4v) is 8.58. The van der Waals surface area contributed by atoms with E-state index in [4.69, 9.17) is 4.98 Å². The molecule has 0 radical (unpaired) electrons. The summed E-state index contributed by atoms with van der Waals surface area (Å²) < 4.78 is 2.24. The molecule has 1 aromatic heterocycles. The third kappa shape index (κ3) is 7.12. The Balaban J connectivity index is 0.783. The minimum atomic E-state index is 0.938. The second kappa shape index (κ2) is 16.1. The molecule has 0 saturated heterocycles. The molecule has 10 aromatic carbocycles. The molecule has 11 rings (SSSR count). The lowest BCUT2D eigenvalue weighted by molar-refractivity contribution is 1.10. The van der Waals surface area contributed by atoms with Crippen molar-refractivity contribution < 1.29 is 0 Å². The van der Waals surface area contributed by atoms with E-state index in [9.17, 15) is 0 Å². The average Bonchev–Trinajstić information content (AvgIpc) is 3.75. The number of anilines is 3. The maximum absolute atomic E-state index is 5.04. The lowest BCUT2D eigenvalue weighted by Gasteiger charge is -2.26. The Morgan fingerprint density at radius 1 is 0.290 bits per heavy atom. The van der Waals surface area contributed by atoms with Crippen LogP contribution in [0.5, 0.6) is 0 Å². The number of benzene rings is 10. The summed E-state index contributed by atoms with van der Waals surface area (Å²) in [6.07, 6.45) is 0. The first-order valence-electron chi connectivity index (χ1n) is 21.1. The highest BCUT2D eigenvalue weighted by Gasteiger charge is 2.16. The van der Waals surface area contributed by atoms with Gasteiger partial charge in [-0.25, -0.2) is 4.98 Å². The minimum Gasteiger partial charge on any atom is -0.310 e. The maximum atomic E-state index is 5.04. The fraction of sp³-hybridized carbons (Fsp3) is 0. The van der Waals surface area contributed by atoms with Gasteiger partial charge in [0, 0.05) is 28.3 Å². The summed E-state index contributed by atoms with van der Waals surface area (Å²) in [5, 5.41) is 2.46. The molecule has 0 N–H and O–H groups in total. The van der Waals surface area contributed by atoms with Crippen LogP contribution in [0.4, 0.5) is 17.1 Å². The summed E-state index contributed by atoms with van der Waals surface area (Å²) in [7, 11) is 0. The Labute approximate surface area is 362 Å². The summed E-state index contributed by atoms with van der Waals surface area (Å²) in [4.78, 5) is 7.36. The first kappa shape index (κ1) is 36.8. The number of hydrogen-bond acceptors (Lipinski definition) is 2. The van der Waals surface area contributed by atoms with E-state index < -0.39 is 0 Å². The third-order valence-electron chi connectivity index (χ3n) is 11.8. The Bertz CT molecular complexity index is 3280. The van der Waals surface area contributed by atoms with Crippen molar-refractivity contribution >= 4 is 38.9 Å². The molecule has 0 aliphatic carbocycles. The van der Waals surface area contributed by atoms with E-state index in [0.29, 0.717) is 0 Å². The van der Waals surface area contributed by atoms with E-state index in [0.717, 1.165) is 45.2 Å². The fourth-order valence-electron chi connectivity index (χ4n) is 8.58. The molecule has 0 spiro atoms. The van der Waals surface area contributed by atoms with Crippen LogP contribution in [-0.4, -0.2) is 9.55 Å². The highest BCUT2D eigenvalue weighted by Crippen LogP contribution is 2.38. The van der Waals surface area contributed by atoms with Crippen LogP contribution in [0.1, 0.15) is 0 Å². The quantitative estimate of drug-likeness (QED) is 0.145. The normalized spacial score (nSPS) is 11.2. The molecule has 0 bridgehead atoms. The van der Waals surface area contributed by atoms with E-state index in [1.807, 2.05) is 12.1 Å². The predicted molar refractivity (Wildman–Crippen MR) is 260 cm³/mol. The van der Waals surface area contributed by atoms with E-state index in [1.165, 1.54) is 55.3 Å². The van der Waals surface area contributed by atoms with Crippen molar-refractivity contribution in [3.8, 4) is 61.6 Å². The topological polar surface area (TPSA) is 21.1 Å². The molecule has 0 atom stereocenters. The second-order valence-corrected chi connectivity index (χ2v) is 15.7. The number of nitrogens with zero attached hydrogens (tertiary/aromatic N) is 3. The third-order valence-corrected chi connectivity index (χ3v) is 11.8. The first-order valence-corrected chi connectivity index (χ1v) is 21.1. The van der Waals surface area contributed by atoms with Crippen molar-refractivity contribution in [3.63, 3.8) is 0 Å². The molecule has 0 saturated carbocycles. The van der Waals surface area contributed by atoms with Crippen molar-refractivity contribution in [2.45, 2.75) is 0 Å². The molecular weight excluding hydrogens is 751 g/mol. The van der Waals surface area contributed by atoms with Crippen molar-refractivity contribution in [2.24, 2.45) is 0 Å². The monoisotopic (exact) mass is 791 g/mol. The molecule has 0 aliphatic heterocycles. The van der Waals surface area contributed by atoms with Gasteiger partial charge in [-0.3, -0.25) is 4.57 Å². The Morgan fingerprint density at radius 2 is 0.677 bits per heavy atom. The summed E-state index contributed by atoms with van der Waals surface area (Å²) >= 11 is 0. The largest absolute Gasteiger partial charge is 0.310 e. The molecule has 0 fully saturated rings. The van der Waals surface area contributed by atoms with Crippen LogP contribution in [0, 0.1) is 0 Å². The zero-order valence-electron chi connectivity index (χ0n) is 34.0. The molecular formula is C59H41N3. The average molecular weight is 792 g/mol. The number of aromatic nitrogens is 2.